The fourth-order valence-corrected chi connectivity index (χ4v) is 4.53. The van der Waals surface area contributed by atoms with E-state index in [1.165, 1.54) is 4.31 Å². The molecule has 0 atom stereocenters. The van der Waals surface area contributed by atoms with Crippen molar-refractivity contribution in [3.63, 3.8) is 0 Å². The van der Waals surface area contributed by atoms with Gasteiger partial charge in [-0.15, -0.1) is 0 Å². The van der Waals surface area contributed by atoms with Gasteiger partial charge in [-0.2, -0.15) is 4.31 Å². The van der Waals surface area contributed by atoms with Gasteiger partial charge in [0, 0.05) is 6.04 Å². The summed E-state index contributed by atoms with van der Waals surface area (Å²) in [5.41, 5.74) is 0. The van der Waals surface area contributed by atoms with Crippen molar-refractivity contribution in [2.45, 2.75) is 49.8 Å². The standard InChI is InChI=1S/C10H17NO4S/c12-10(13)7-11(8-5-6-8)16(14,15)9-3-1-2-4-9/h8-9H,1-7H2,(H,12,13). The van der Waals surface area contributed by atoms with Crippen LogP contribution in [0.4, 0.5) is 0 Å². The molecule has 92 valence electrons. The molecule has 2 saturated carbocycles. The van der Waals surface area contributed by atoms with Crippen molar-refractivity contribution >= 4 is 16.0 Å². The molecule has 0 radical (unpaired) electrons. The maximum Gasteiger partial charge on any atom is 0.318 e. The van der Waals surface area contributed by atoms with Gasteiger partial charge in [0.25, 0.3) is 0 Å². The van der Waals surface area contributed by atoms with Gasteiger partial charge < -0.3 is 5.11 Å². The predicted molar refractivity (Wildman–Crippen MR) is 58.5 cm³/mol. The van der Waals surface area contributed by atoms with Crippen LogP contribution in [0.15, 0.2) is 0 Å². The average molecular weight is 247 g/mol. The first kappa shape index (κ1) is 11.9. The van der Waals surface area contributed by atoms with Crippen LogP contribution in [0.3, 0.4) is 0 Å². The highest BCUT2D eigenvalue weighted by atomic mass is 32.2. The highest BCUT2D eigenvalue weighted by Gasteiger charge is 2.42. The zero-order chi connectivity index (χ0) is 11.8. The fourth-order valence-electron chi connectivity index (χ4n) is 2.30. The molecule has 5 nitrogen and oxygen atoms in total. The third kappa shape index (κ3) is 2.38. The van der Waals surface area contributed by atoms with E-state index < -0.39 is 16.0 Å². The van der Waals surface area contributed by atoms with Crippen molar-refractivity contribution in [3.8, 4) is 0 Å². The Morgan fingerprint density at radius 1 is 1.19 bits per heavy atom. The van der Waals surface area contributed by atoms with Gasteiger partial charge in [-0.05, 0) is 25.7 Å². The zero-order valence-corrected chi connectivity index (χ0v) is 9.95. The van der Waals surface area contributed by atoms with E-state index in [9.17, 15) is 13.2 Å². The number of carboxylic acids is 1. The van der Waals surface area contributed by atoms with Crippen LogP contribution in [-0.2, 0) is 14.8 Å². The quantitative estimate of drug-likeness (QED) is 0.780. The largest absolute Gasteiger partial charge is 0.480 e. The molecule has 0 aliphatic heterocycles. The Labute approximate surface area is 95.5 Å². The van der Waals surface area contributed by atoms with Crippen LogP contribution in [-0.4, -0.2) is 41.6 Å². The molecule has 1 N–H and O–H groups in total. The lowest BCUT2D eigenvalue weighted by atomic mass is 10.4. The summed E-state index contributed by atoms with van der Waals surface area (Å²) in [6.45, 7) is -0.372. The molecule has 0 bridgehead atoms. The van der Waals surface area contributed by atoms with Crippen LogP contribution in [0.1, 0.15) is 38.5 Å². The highest BCUT2D eigenvalue weighted by molar-refractivity contribution is 7.89. The van der Waals surface area contributed by atoms with Crippen LogP contribution < -0.4 is 0 Å². The molecule has 0 spiro atoms. The number of nitrogens with zero attached hydrogens (tertiary/aromatic N) is 1. The first-order valence-electron chi connectivity index (χ1n) is 5.74. The normalized spacial score (nSPS) is 22.8. The molecule has 2 fully saturated rings. The fraction of sp³-hybridized carbons (Fsp3) is 0.900. The van der Waals surface area contributed by atoms with Gasteiger partial charge in [-0.25, -0.2) is 8.42 Å². The monoisotopic (exact) mass is 247 g/mol. The van der Waals surface area contributed by atoms with E-state index in [4.69, 9.17) is 5.11 Å². The van der Waals surface area contributed by atoms with Crippen molar-refractivity contribution in [2.24, 2.45) is 0 Å². The van der Waals surface area contributed by atoms with Gasteiger partial charge in [0.05, 0.1) is 5.25 Å². The van der Waals surface area contributed by atoms with Gasteiger partial charge in [-0.1, -0.05) is 12.8 Å². The highest BCUT2D eigenvalue weighted by Crippen LogP contribution is 2.34. The third-order valence-electron chi connectivity index (χ3n) is 3.30. The minimum atomic E-state index is -3.38. The van der Waals surface area contributed by atoms with E-state index in [2.05, 4.69) is 0 Å². The Morgan fingerprint density at radius 3 is 2.19 bits per heavy atom. The summed E-state index contributed by atoms with van der Waals surface area (Å²) in [6, 6.07) is -0.0540. The van der Waals surface area contributed by atoms with Crippen molar-refractivity contribution in [2.75, 3.05) is 6.54 Å². The number of carboxylic acid groups (broad SMARTS) is 1. The maximum absolute atomic E-state index is 12.2. The van der Waals surface area contributed by atoms with Crippen molar-refractivity contribution in [1.29, 1.82) is 0 Å². The van der Waals surface area contributed by atoms with E-state index in [1.807, 2.05) is 0 Å². The number of hydrogen-bond donors (Lipinski definition) is 1. The van der Waals surface area contributed by atoms with Gasteiger partial charge in [0.15, 0.2) is 0 Å². The lowest BCUT2D eigenvalue weighted by Gasteiger charge is -2.23. The van der Waals surface area contributed by atoms with E-state index >= 15 is 0 Å². The molecule has 2 aliphatic rings. The number of rotatable bonds is 5. The second kappa shape index (κ2) is 4.33. The van der Waals surface area contributed by atoms with Crippen LogP contribution in [0.2, 0.25) is 0 Å². The summed E-state index contributed by atoms with van der Waals surface area (Å²) in [5, 5.41) is 8.42. The van der Waals surface area contributed by atoms with E-state index in [0.29, 0.717) is 12.8 Å². The Morgan fingerprint density at radius 2 is 1.75 bits per heavy atom. The van der Waals surface area contributed by atoms with Gasteiger partial charge in [-0.3, -0.25) is 4.79 Å². The second-order valence-corrected chi connectivity index (χ2v) is 6.79. The Bertz CT molecular complexity index is 368. The zero-order valence-electron chi connectivity index (χ0n) is 9.13. The summed E-state index contributed by atoms with van der Waals surface area (Å²) >= 11 is 0. The molecule has 0 aromatic heterocycles. The van der Waals surface area contributed by atoms with E-state index in [1.54, 1.807) is 0 Å². The number of hydrogen-bond acceptors (Lipinski definition) is 3. The lowest BCUT2D eigenvalue weighted by molar-refractivity contribution is -0.137. The first-order chi connectivity index (χ1) is 7.51. The summed E-state index contributed by atoms with van der Waals surface area (Å²) in [6.07, 6.45) is 4.86. The molecule has 0 aromatic carbocycles. The number of sulfonamides is 1. The van der Waals surface area contributed by atoms with Gasteiger partial charge >= 0.3 is 5.97 Å². The molecule has 2 aliphatic carbocycles. The molecule has 0 unspecified atom stereocenters. The van der Waals surface area contributed by atoms with Crippen LogP contribution >= 0.6 is 0 Å². The molecule has 6 heteroatoms. The summed E-state index contributed by atoms with van der Waals surface area (Å²) < 4.78 is 25.6. The predicted octanol–water partition coefficient (Wildman–Crippen LogP) is 0.808. The molecular formula is C10H17NO4S. The molecule has 0 saturated heterocycles. The van der Waals surface area contributed by atoms with Crippen LogP contribution in [0.25, 0.3) is 0 Å². The van der Waals surface area contributed by atoms with Gasteiger partial charge in [0.1, 0.15) is 6.54 Å². The molecule has 0 heterocycles. The molecule has 0 amide bonds. The van der Waals surface area contributed by atoms with E-state index in [-0.39, 0.29) is 17.8 Å². The summed E-state index contributed by atoms with van der Waals surface area (Å²) in [5.74, 6) is -1.06. The second-order valence-electron chi connectivity index (χ2n) is 4.62. The Hall–Kier alpha value is -0.620. The SMILES string of the molecule is O=C(O)CN(C1CC1)S(=O)(=O)C1CCCC1. The maximum atomic E-state index is 12.2. The third-order valence-corrected chi connectivity index (χ3v) is 5.69. The summed E-state index contributed by atoms with van der Waals surface area (Å²) in [4.78, 5) is 10.7. The topological polar surface area (TPSA) is 74.7 Å². The number of carbonyl (C=O) groups is 1. The van der Waals surface area contributed by atoms with Gasteiger partial charge in [0.2, 0.25) is 10.0 Å². The Kier molecular flexibility index (Phi) is 3.21. The minimum Gasteiger partial charge on any atom is -0.480 e. The lowest BCUT2D eigenvalue weighted by Crippen LogP contribution is -2.42. The summed E-state index contributed by atoms with van der Waals surface area (Å²) in [7, 11) is -3.38. The van der Waals surface area contributed by atoms with Crippen LogP contribution in [0.5, 0.6) is 0 Å². The smallest absolute Gasteiger partial charge is 0.318 e. The van der Waals surface area contributed by atoms with Crippen molar-refractivity contribution in [1.82, 2.24) is 4.31 Å². The van der Waals surface area contributed by atoms with Crippen LogP contribution in [0, 0.1) is 0 Å². The first-order valence-corrected chi connectivity index (χ1v) is 7.24. The molecule has 16 heavy (non-hydrogen) atoms. The molecular weight excluding hydrogens is 230 g/mol. The van der Waals surface area contributed by atoms with Crippen molar-refractivity contribution < 1.29 is 18.3 Å². The minimum absolute atomic E-state index is 0.0540. The van der Waals surface area contributed by atoms with Crippen molar-refractivity contribution in [3.05, 3.63) is 0 Å². The molecule has 2 rings (SSSR count). The number of aliphatic carboxylic acids is 1. The Balaban J connectivity index is 2.13. The van der Waals surface area contributed by atoms with E-state index in [0.717, 1.165) is 25.7 Å². The molecule has 0 aromatic rings. The average Bonchev–Trinajstić information content (AvgIpc) is 2.86.